The number of carboxylic acids is 1. The van der Waals surface area contributed by atoms with Gasteiger partial charge in [-0.25, -0.2) is 4.79 Å². The van der Waals surface area contributed by atoms with Crippen LogP contribution in [0.25, 0.3) is 6.08 Å². The Balaban J connectivity index is 2.57. The zero-order chi connectivity index (χ0) is 13.5. The molecule has 1 aromatic rings. The van der Waals surface area contributed by atoms with Gasteiger partial charge in [-0.1, -0.05) is 24.8 Å². The maximum Gasteiger partial charge on any atom is 0.330 e. The lowest BCUT2D eigenvalue weighted by atomic mass is 10.1. The predicted molar refractivity (Wildman–Crippen MR) is 69.7 cm³/mol. The molecule has 0 bridgehead atoms. The van der Waals surface area contributed by atoms with Crippen LogP contribution in [0.4, 0.5) is 0 Å². The number of rotatable bonds is 6. The summed E-state index contributed by atoms with van der Waals surface area (Å²) in [5.41, 5.74) is 1.08. The first kappa shape index (κ1) is 13.8. The summed E-state index contributed by atoms with van der Waals surface area (Å²) in [4.78, 5) is 10.5. The van der Waals surface area contributed by atoms with Crippen molar-refractivity contribution in [1.29, 1.82) is 0 Å². The van der Waals surface area contributed by atoms with Crippen LogP contribution in [0.15, 0.2) is 36.4 Å². The molecule has 1 aromatic carbocycles. The SMILES string of the molecule is C=C(CCC=Cc1ccc(O)c(OC)c1)C(=O)O. The number of hydrogen-bond acceptors (Lipinski definition) is 3. The quantitative estimate of drug-likeness (QED) is 0.760. The first-order chi connectivity index (χ1) is 8.54. The second-order valence-corrected chi connectivity index (χ2v) is 3.78. The summed E-state index contributed by atoms with van der Waals surface area (Å²) in [5.74, 6) is -0.462. The molecule has 0 atom stereocenters. The lowest BCUT2D eigenvalue weighted by molar-refractivity contribution is -0.132. The third-order valence-electron chi connectivity index (χ3n) is 2.43. The van der Waals surface area contributed by atoms with Gasteiger partial charge in [-0.05, 0) is 30.5 Å². The highest BCUT2D eigenvalue weighted by molar-refractivity contribution is 5.85. The minimum atomic E-state index is -0.963. The van der Waals surface area contributed by atoms with Crippen LogP contribution in [-0.4, -0.2) is 23.3 Å². The Kier molecular flexibility index (Phi) is 4.99. The summed E-state index contributed by atoms with van der Waals surface area (Å²) in [6.07, 6.45) is 4.73. The van der Waals surface area contributed by atoms with Crippen LogP contribution in [0.1, 0.15) is 18.4 Å². The van der Waals surface area contributed by atoms with Gasteiger partial charge in [0.2, 0.25) is 0 Å². The van der Waals surface area contributed by atoms with Crippen molar-refractivity contribution >= 4 is 12.0 Å². The summed E-state index contributed by atoms with van der Waals surface area (Å²) < 4.78 is 4.99. The number of benzene rings is 1. The summed E-state index contributed by atoms with van der Waals surface area (Å²) in [5, 5.41) is 18.0. The van der Waals surface area contributed by atoms with Crippen LogP contribution in [-0.2, 0) is 4.79 Å². The van der Waals surface area contributed by atoms with Crippen molar-refractivity contribution in [3.63, 3.8) is 0 Å². The Morgan fingerprint density at radius 2 is 2.22 bits per heavy atom. The Morgan fingerprint density at radius 3 is 2.83 bits per heavy atom. The number of aromatic hydroxyl groups is 1. The van der Waals surface area contributed by atoms with Gasteiger partial charge in [-0.3, -0.25) is 0 Å². The molecule has 0 amide bonds. The van der Waals surface area contributed by atoms with Crippen molar-refractivity contribution in [2.75, 3.05) is 7.11 Å². The predicted octanol–water partition coefficient (Wildman–Crippen LogP) is 2.83. The summed E-state index contributed by atoms with van der Waals surface area (Å²) >= 11 is 0. The number of phenolic OH excluding ortho intramolecular Hbond substituents is 1. The van der Waals surface area contributed by atoms with Gasteiger partial charge in [-0.15, -0.1) is 0 Å². The number of phenols is 1. The van der Waals surface area contributed by atoms with Crippen LogP contribution in [0.2, 0.25) is 0 Å². The molecule has 0 aliphatic rings. The van der Waals surface area contributed by atoms with Gasteiger partial charge < -0.3 is 14.9 Å². The standard InChI is InChI=1S/C14H16O4/c1-10(14(16)17)5-3-4-6-11-7-8-12(15)13(9-11)18-2/h4,6-9,15H,1,3,5H2,2H3,(H,16,17). The van der Waals surface area contributed by atoms with Crippen LogP contribution in [0, 0.1) is 0 Å². The molecular formula is C14H16O4. The Hall–Kier alpha value is -2.23. The minimum Gasteiger partial charge on any atom is -0.504 e. The van der Waals surface area contributed by atoms with Crippen molar-refractivity contribution in [1.82, 2.24) is 0 Å². The molecule has 0 heterocycles. The number of carboxylic acid groups (broad SMARTS) is 1. The lowest BCUT2D eigenvalue weighted by Gasteiger charge is -2.03. The molecule has 0 fully saturated rings. The van der Waals surface area contributed by atoms with Crippen molar-refractivity contribution in [3.8, 4) is 11.5 Å². The topological polar surface area (TPSA) is 66.8 Å². The van der Waals surface area contributed by atoms with Gasteiger partial charge in [0.15, 0.2) is 11.5 Å². The fourth-order valence-corrected chi connectivity index (χ4v) is 1.38. The second-order valence-electron chi connectivity index (χ2n) is 3.78. The molecule has 0 spiro atoms. The van der Waals surface area contributed by atoms with E-state index in [4.69, 9.17) is 9.84 Å². The van der Waals surface area contributed by atoms with E-state index in [9.17, 15) is 9.90 Å². The number of methoxy groups -OCH3 is 1. The number of ether oxygens (including phenoxy) is 1. The Morgan fingerprint density at radius 1 is 1.50 bits per heavy atom. The normalized spacial score (nSPS) is 10.5. The molecule has 18 heavy (non-hydrogen) atoms. The number of aliphatic carboxylic acids is 1. The van der Waals surface area contributed by atoms with E-state index < -0.39 is 5.97 Å². The molecule has 0 saturated carbocycles. The smallest absolute Gasteiger partial charge is 0.330 e. The third kappa shape index (κ3) is 3.97. The van der Waals surface area contributed by atoms with Gasteiger partial charge in [0.1, 0.15) is 0 Å². The van der Waals surface area contributed by atoms with Crippen molar-refractivity contribution in [3.05, 3.63) is 42.0 Å². The molecule has 0 aliphatic heterocycles. The first-order valence-electron chi connectivity index (χ1n) is 5.49. The summed E-state index contributed by atoms with van der Waals surface area (Å²) in [6, 6.07) is 5.01. The largest absolute Gasteiger partial charge is 0.504 e. The van der Waals surface area contributed by atoms with Crippen molar-refractivity contribution in [2.24, 2.45) is 0 Å². The van der Waals surface area contributed by atoms with Crippen molar-refractivity contribution < 1.29 is 19.7 Å². The van der Waals surface area contributed by atoms with E-state index in [-0.39, 0.29) is 11.3 Å². The van der Waals surface area contributed by atoms with Gasteiger partial charge >= 0.3 is 5.97 Å². The zero-order valence-electron chi connectivity index (χ0n) is 10.2. The maximum absolute atomic E-state index is 10.5. The summed E-state index contributed by atoms with van der Waals surface area (Å²) in [7, 11) is 1.49. The van der Waals surface area contributed by atoms with E-state index in [2.05, 4.69) is 6.58 Å². The molecule has 96 valence electrons. The molecule has 0 aromatic heterocycles. The number of carbonyl (C=O) groups is 1. The second kappa shape index (κ2) is 6.49. The maximum atomic E-state index is 10.5. The monoisotopic (exact) mass is 248 g/mol. The molecule has 1 rings (SSSR count). The fraction of sp³-hybridized carbons (Fsp3) is 0.214. The molecule has 0 radical (unpaired) electrons. The average molecular weight is 248 g/mol. The van der Waals surface area contributed by atoms with Gasteiger partial charge in [0.05, 0.1) is 7.11 Å². The highest BCUT2D eigenvalue weighted by Gasteiger charge is 2.02. The van der Waals surface area contributed by atoms with E-state index in [1.807, 2.05) is 12.2 Å². The molecule has 4 heteroatoms. The molecular weight excluding hydrogens is 232 g/mol. The zero-order valence-corrected chi connectivity index (χ0v) is 10.2. The van der Waals surface area contributed by atoms with Crippen LogP contribution in [0.3, 0.4) is 0 Å². The van der Waals surface area contributed by atoms with Gasteiger partial charge in [-0.2, -0.15) is 0 Å². The van der Waals surface area contributed by atoms with E-state index in [0.717, 1.165) is 5.56 Å². The number of hydrogen-bond donors (Lipinski definition) is 2. The molecule has 4 nitrogen and oxygen atoms in total. The third-order valence-corrected chi connectivity index (χ3v) is 2.43. The van der Waals surface area contributed by atoms with E-state index in [1.54, 1.807) is 18.2 Å². The Bertz CT molecular complexity index is 475. The highest BCUT2D eigenvalue weighted by atomic mass is 16.5. The van der Waals surface area contributed by atoms with Crippen LogP contribution in [0.5, 0.6) is 11.5 Å². The van der Waals surface area contributed by atoms with Crippen LogP contribution < -0.4 is 4.74 Å². The Labute approximate surface area is 106 Å². The minimum absolute atomic E-state index is 0.0916. The molecule has 0 unspecified atom stereocenters. The van der Waals surface area contributed by atoms with Crippen molar-refractivity contribution in [2.45, 2.75) is 12.8 Å². The molecule has 2 N–H and O–H groups in total. The van der Waals surface area contributed by atoms with E-state index in [0.29, 0.717) is 18.6 Å². The molecule has 0 saturated heterocycles. The highest BCUT2D eigenvalue weighted by Crippen LogP contribution is 2.26. The average Bonchev–Trinajstić information content (AvgIpc) is 2.35. The van der Waals surface area contributed by atoms with E-state index in [1.165, 1.54) is 7.11 Å². The van der Waals surface area contributed by atoms with Gasteiger partial charge in [0.25, 0.3) is 0 Å². The number of allylic oxidation sites excluding steroid dienone is 1. The van der Waals surface area contributed by atoms with Crippen LogP contribution >= 0.6 is 0 Å². The fourth-order valence-electron chi connectivity index (χ4n) is 1.38. The first-order valence-corrected chi connectivity index (χ1v) is 5.49. The van der Waals surface area contributed by atoms with E-state index >= 15 is 0 Å². The summed E-state index contributed by atoms with van der Waals surface area (Å²) in [6.45, 7) is 3.45. The molecule has 0 aliphatic carbocycles. The lowest BCUT2D eigenvalue weighted by Crippen LogP contribution is -1.97. The van der Waals surface area contributed by atoms with Gasteiger partial charge in [0, 0.05) is 5.57 Å².